The fourth-order valence-electron chi connectivity index (χ4n) is 2.70. The highest BCUT2D eigenvalue weighted by atomic mass is 16.5. The molecule has 1 aliphatic rings. The van der Waals surface area contributed by atoms with E-state index in [2.05, 4.69) is 24.2 Å². The van der Waals surface area contributed by atoms with Gasteiger partial charge in [0.25, 0.3) is 0 Å². The molecule has 1 aliphatic carbocycles. The normalized spacial score (nSPS) is 20.5. The maximum absolute atomic E-state index is 5.95. The van der Waals surface area contributed by atoms with Crippen molar-refractivity contribution < 1.29 is 4.74 Å². The first-order valence-corrected chi connectivity index (χ1v) is 7.76. The van der Waals surface area contributed by atoms with Crippen LogP contribution in [0.15, 0.2) is 4.99 Å². The first-order chi connectivity index (χ1) is 9.12. The van der Waals surface area contributed by atoms with Gasteiger partial charge in [-0.2, -0.15) is 0 Å². The van der Waals surface area contributed by atoms with Crippen molar-refractivity contribution in [2.24, 2.45) is 16.1 Å². The lowest BCUT2D eigenvalue weighted by molar-refractivity contribution is 0.107. The number of ether oxygens (including phenoxy) is 1. The van der Waals surface area contributed by atoms with Crippen LogP contribution in [0.5, 0.6) is 0 Å². The molecule has 0 saturated heterocycles. The van der Waals surface area contributed by atoms with Crippen molar-refractivity contribution in [2.75, 3.05) is 19.8 Å². The van der Waals surface area contributed by atoms with Crippen molar-refractivity contribution in [2.45, 2.75) is 65.3 Å². The van der Waals surface area contributed by atoms with Gasteiger partial charge in [0.15, 0.2) is 5.96 Å². The molecule has 0 aliphatic heterocycles. The first-order valence-electron chi connectivity index (χ1n) is 7.76. The van der Waals surface area contributed by atoms with Gasteiger partial charge in [0.05, 0.1) is 0 Å². The van der Waals surface area contributed by atoms with E-state index in [1.807, 2.05) is 6.92 Å². The van der Waals surface area contributed by atoms with Gasteiger partial charge < -0.3 is 15.8 Å². The van der Waals surface area contributed by atoms with E-state index in [0.29, 0.717) is 17.4 Å². The topological polar surface area (TPSA) is 59.6 Å². The summed E-state index contributed by atoms with van der Waals surface area (Å²) in [6.07, 6.45) is 7.34. The van der Waals surface area contributed by atoms with Gasteiger partial charge in [-0.05, 0) is 44.9 Å². The minimum atomic E-state index is 0.330. The van der Waals surface area contributed by atoms with Crippen molar-refractivity contribution >= 4 is 5.96 Å². The van der Waals surface area contributed by atoms with Gasteiger partial charge in [-0.15, -0.1) is 0 Å². The molecule has 0 aromatic heterocycles. The van der Waals surface area contributed by atoms with Crippen LogP contribution in [0.3, 0.4) is 0 Å². The largest absolute Gasteiger partial charge is 0.382 e. The Kier molecular flexibility index (Phi) is 7.21. The molecule has 0 aromatic rings. The van der Waals surface area contributed by atoms with E-state index in [1.54, 1.807) is 0 Å². The van der Waals surface area contributed by atoms with E-state index >= 15 is 0 Å². The van der Waals surface area contributed by atoms with Crippen LogP contribution in [0.2, 0.25) is 0 Å². The van der Waals surface area contributed by atoms with Crippen LogP contribution in [0.1, 0.15) is 59.3 Å². The third kappa shape index (κ3) is 5.81. The summed E-state index contributed by atoms with van der Waals surface area (Å²) in [6.45, 7) is 8.82. The van der Waals surface area contributed by atoms with E-state index in [-0.39, 0.29) is 0 Å². The Balaban J connectivity index is 2.46. The highest BCUT2D eigenvalue weighted by molar-refractivity contribution is 5.78. The number of nitrogens with two attached hydrogens (primary N) is 1. The summed E-state index contributed by atoms with van der Waals surface area (Å²) in [5.74, 6) is 0.594. The van der Waals surface area contributed by atoms with E-state index in [4.69, 9.17) is 10.5 Å². The zero-order valence-electron chi connectivity index (χ0n) is 12.9. The number of nitrogens with zero attached hydrogens (tertiary/aromatic N) is 1. The van der Waals surface area contributed by atoms with Crippen molar-refractivity contribution in [1.82, 2.24) is 5.32 Å². The SMILES string of the molecule is CCOCCC1(CN=C(N)NC(C)CC)CCCC1. The fraction of sp³-hybridized carbons (Fsp3) is 0.933. The minimum Gasteiger partial charge on any atom is -0.382 e. The third-order valence-electron chi connectivity index (χ3n) is 4.24. The molecule has 1 fully saturated rings. The van der Waals surface area contributed by atoms with E-state index < -0.39 is 0 Å². The Hall–Kier alpha value is -0.770. The molecule has 19 heavy (non-hydrogen) atoms. The highest BCUT2D eigenvalue weighted by Crippen LogP contribution is 2.41. The molecule has 1 saturated carbocycles. The fourth-order valence-corrected chi connectivity index (χ4v) is 2.70. The lowest BCUT2D eigenvalue weighted by Crippen LogP contribution is -2.39. The Morgan fingerprint density at radius 1 is 1.37 bits per heavy atom. The van der Waals surface area contributed by atoms with Gasteiger partial charge in [0.1, 0.15) is 0 Å². The van der Waals surface area contributed by atoms with Gasteiger partial charge >= 0.3 is 0 Å². The summed E-state index contributed by atoms with van der Waals surface area (Å²) >= 11 is 0. The molecule has 1 rings (SSSR count). The summed E-state index contributed by atoms with van der Waals surface area (Å²) in [4.78, 5) is 4.57. The molecular weight excluding hydrogens is 238 g/mol. The van der Waals surface area contributed by atoms with Crippen LogP contribution in [0.25, 0.3) is 0 Å². The van der Waals surface area contributed by atoms with Gasteiger partial charge in [-0.25, -0.2) is 0 Å². The van der Waals surface area contributed by atoms with Gasteiger partial charge in [-0.3, -0.25) is 4.99 Å². The van der Waals surface area contributed by atoms with Crippen molar-refractivity contribution in [1.29, 1.82) is 0 Å². The second kappa shape index (κ2) is 8.41. The Morgan fingerprint density at radius 3 is 2.63 bits per heavy atom. The first kappa shape index (κ1) is 16.3. The Morgan fingerprint density at radius 2 is 2.05 bits per heavy atom. The van der Waals surface area contributed by atoms with Crippen LogP contribution in [-0.2, 0) is 4.74 Å². The predicted octanol–water partition coefficient (Wildman–Crippen LogP) is 2.68. The molecule has 0 aromatic carbocycles. The summed E-state index contributed by atoms with van der Waals surface area (Å²) in [6, 6.07) is 0.395. The molecule has 1 unspecified atom stereocenters. The molecule has 0 heterocycles. The quantitative estimate of drug-likeness (QED) is 0.404. The maximum atomic E-state index is 5.95. The smallest absolute Gasteiger partial charge is 0.188 e. The number of nitrogens with one attached hydrogen (secondary N) is 1. The molecule has 1 atom stereocenters. The molecule has 4 heteroatoms. The second-order valence-corrected chi connectivity index (χ2v) is 5.81. The summed E-state index contributed by atoms with van der Waals surface area (Å²) < 4.78 is 5.51. The molecular formula is C15H31N3O. The van der Waals surface area contributed by atoms with Crippen LogP contribution >= 0.6 is 0 Å². The van der Waals surface area contributed by atoms with Crippen molar-refractivity contribution in [3.8, 4) is 0 Å². The minimum absolute atomic E-state index is 0.330. The second-order valence-electron chi connectivity index (χ2n) is 5.81. The summed E-state index contributed by atoms with van der Waals surface area (Å²) in [5, 5.41) is 3.23. The molecule has 4 nitrogen and oxygen atoms in total. The summed E-state index contributed by atoms with van der Waals surface area (Å²) in [7, 11) is 0. The Labute approximate surface area is 118 Å². The van der Waals surface area contributed by atoms with Crippen LogP contribution in [-0.4, -0.2) is 31.8 Å². The lowest BCUT2D eigenvalue weighted by Gasteiger charge is -2.27. The molecule has 112 valence electrons. The molecule has 0 amide bonds. The third-order valence-corrected chi connectivity index (χ3v) is 4.24. The number of guanidine groups is 1. The van der Waals surface area contributed by atoms with E-state index in [9.17, 15) is 0 Å². The number of hydrogen-bond acceptors (Lipinski definition) is 2. The average molecular weight is 269 g/mol. The molecule has 3 N–H and O–H groups in total. The number of hydrogen-bond donors (Lipinski definition) is 2. The monoisotopic (exact) mass is 269 g/mol. The van der Waals surface area contributed by atoms with Crippen LogP contribution in [0, 0.1) is 5.41 Å². The van der Waals surface area contributed by atoms with Gasteiger partial charge in [-0.1, -0.05) is 19.8 Å². The van der Waals surface area contributed by atoms with Gasteiger partial charge in [0.2, 0.25) is 0 Å². The zero-order valence-corrected chi connectivity index (χ0v) is 12.9. The van der Waals surface area contributed by atoms with Crippen molar-refractivity contribution in [3.63, 3.8) is 0 Å². The van der Waals surface area contributed by atoms with Crippen molar-refractivity contribution in [3.05, 3.63) is 0 Å². The molecule has 0 spiro atoms. The van der Waals surface area contributed by atoms with E-state index in [1.165, 1.54) is 25.7 Å². The average Bonchev–Trinajstić information content (AvgIpc) is 2.86. The Bertz CT molecular complexity index is 273. The van der Waals surface area contributed by atoms with Gasteiger partial charge in [0, 0.05) is 25.8 Å². The maximum Gasteiger partial charge on any atom is 0.188 e. The van der Waals surface area contributed by atoms with E-state index in [0.717, 1.165) is 32.6 Å². The molecule has 0 bridgehead atoms. The van der Waals surface area contributed by atoms with Crippen LogP contribution < -0.4 is 11.1 Å². The highest BCUT2D eigenvalue weighted by Gasteiger charge is 2.33. The standard InChI is InChI=1S/C15H31N3O/c1-4-13(3)18-14(16)17-12-15(8-6-7-9-15)10-11-19-5-2/h13H,4-12H2,1-3H3,(H3,16,17,18). The zero-order chi connectivity index (χ0) is 14.1. The molecule has 0 radical (unpaired) electrons. The number of rotatable bonds is 8. The van der Waals surface area contributed by atoms with Crippen LogP contribution in [0.4, 0.5) is 0 Å². The number of aliphatic imine (C=N–C) groups is 1. The summed E-state index contributed by atoms with van der Waals surface area (Å²) in [5.41, 5.74) is 6.28. The predicted molar refractivity (Wildman–Crippen MR) is 81.4 cm³/mol. The lowest BCUT2D eigenvalue weighted by atomic mass is 9.83.